The van der Waals surface area contributed by atoms with Crippen molar-refractivity contribution in [3.63, 3.8) is 0 Å². The Kier molecular flexibility index (Phi) is 5.84. The number of carboxylic acid groups (broad SMARTS) is 1. The summed E-state index contributed by atoms with van der Waals surface area (Å²) in [7, 11) is 0. The molecule has 0 radical (unpaired) electrons. The number of thiophene rings is 1. The van der Waals surface area contributed by atoms with Gasteiger partial charge in [-0.2, -0.15) is 0 Å². The molecule has 0 spiro atoms. The van der Waals surface area contributed by atoms with Crippen LogP contribution in [0.1, 0.15) is 12.0 Å². The average Bonchev–Trinajstić information content (AvgIpc) is 3.15. The van der Waals surface area contributed by atoms with E-state index in [-0.39, 0.29) is 0 Å². The molecule has 0 aliphatic rings. The minimum Gasteiger partial charge on any atom is -0.479 e. The molecule has 1 unspecified atom stereocenters. The van der Waals surface area contributed by atoms with Crippen LogP contribution in [0.25, 0.3) is 20.5 Å². The summed E-state index contributed by atoms with van der Waals surface area (Å²) in [5, 5.41) is 11.4. The third kappa shape index (κ3) is 4.78. The minimum absolute atomic E-state index is 0.369. The number of aryl methyl sites for hydroxylation is 1. The van der Waals surface area contributed by atoms with E-state index in [1.165, 1.54) is 15.0 Å². The summed E-state index contributed by atoms with van der Waals surface area (Å²) in [6, 6.07) is 25.5. The lowest BCUT2D eigenvalue weighted by molar-refractivity contribution is -0.145. The van der Waals surface area contributed by atoms with Gasteiger partial charge in [0, 0.05) is 14.6 Å². The van der Waals surface area contributed by atoms with E-state index >= 15 is 0 Å². The van der Waals surface area contributed by atoms with Crippen LogP contribution in [0.3, 0.4) is 0 Å². The van der Waals surface area contributed by atoms with Crippen molar-refractivity contribution in [1.82, 2.24) is 0 Å². The maximum Gasteiger partial charge on any atom is 0.344 e. The van der Waals surface area contributed by atoms with E-state index in [0.29, 0.717) is 23.6 Å². The summed E-state index contributed by atoms with van der Waals surface area (Å²) in [5.41, 5.74) is 2.08. The lowest BCUT2D eigenvalue weighted by atomic mass is 10.1. The van der Waals surface area contributed by atoms with E-state index in [1.807, 2.05) is 54.6 Å². The molecule has 0 saturated carbocycles. The first-order chi connectivity index (χ1) is 14.1. The van der Waals surface area contributed by atoms with Gasteiger partial charge in [0.2, 0.25) is 0 Å². The van der Waals surface area contributed by atoms with Crippen LogP contribution >= 0.6 is 22.9 Å². The van der Waals surface area contributed by atoms with Crippen LogP contribution in [0, 0.1) is 0 Å². The van der Waals surface area contributed by atoms with Gasteiger partial charge in [-0.1, -0.05) is 41.9 Å². The zero-order valence-electron chi connectivity index (χ0n) is 15.5. The first-order valence-corrected chi connectivity index (χ1v) is 10.5. The molecule has 4 rings (SSSR count). The maximum absolute atomic E-state index is 11.6. The van der Waals surface area contributed by atoms with Crippen molar-refractivity contribution < 1.29 is 14.6 Å². The zero-order chi connectivity index (χ0) is 20.2. The highest BCUT2D eigenvalue weighted by Gasteiger charge is 2.19. The molecule has 0 bridgehead atoms. The van der Waals surface area contributed by atoms with Crippen LogP contribution in [-0.2, 0) is 11.2 Å². The molecule has 1 atom stereocenters. The van der Waals surface area contributed by atoms with Crippen LogP contribution in [0.15, 0.2) is 78.9 Å². The monoisotopic (exact) mass is 422 g/mol. The molecule has 0 amide bonds. The number of fused-ring (bicyclic) bond motifs is 1. The third-order valence-corrected chi connectivity index (χ3v) is 6.10. The van der Waals surface area contributed by atoms with Crippen LogP contribution in [0.4, 0.5) is 0 Å². The van der Waals surface area contributed by atoms with Crippen LogP contribution < -0.4 is 4.74 Å². The smallest absolute Gasteiger partial charge is 0.344 e. The molecule has 4 aromatic rings. The van der Waals surface area contributed by atoms with Crippen molar-refractivity contribution in [3.8, 4) is 16.2 Å². The molecule has 29 heavy (non-hydrogen) atoms. The first kappa shape index (κ1) is 19.5. The Morgan fingerprint density at radius 1 is 1.00 bits per heavy atom. The van der Waals surface area contributed by atoms with Crippen LogP contribution in [-0.4, -0.2) is 17.2 Å². The molecule has 3 nitrogen and oxygen atoms in total. The number of ether oxygens (including phenoxy) is 1. The number of hydrogen-bond acceptors (Lipinski definition) is 3. The SMILES string of the molecule is O=C(O)C(CCc1cccc(Cl)c1)Oc1ccc(-c2cc3ccccc3s2)cc1. The summed E-state index contributed by atoms with van der Waals surface area (Å²) in [6.45, 7) is 0. The molecule has 0 aliphatic carbocycles. The molecular formula is C24H19ClO3S. The van der Waals surface area contributed by atoms with E-state index in [1.54, 1.807) is 17.4 Å². The second kappa shape index (κ2) is 8.68. The lowest BCUT2D eigenvalue weighted by Gasteiger charge is -2.15. The van der Waals surface area contributed by atoms with Gasteiger partial charge in [-0.05, 0) is 77.9 Å². The molecule has 1 aromatic heterocycles. The molecule has 146 valence electrons. The molecule has 1 heterocycles. The quantitative estimate of drug-likeness (QED) is 0.361. The second-order valence-corrected chi connectivity index (χ2v) is 8.31. The Bertz CT molecular complexity index is 1100. The zero-order valence-corrected chi connectivity index (χ0v) is 17.1. The topological polar surface area (TPSA) is 46.5 Å². The van der Waals surface area contributed by atoms with Gasteiger partial charge >= 0.3 is 5.97 Å². The van der Waals surface area contributed by atoms with Gasteiger partial charge in [-0.3, -0.25) is 0 Å². The van der Waals surface area contributed by atoms with E-state index in [4.69, 9.17) is 16.3 Å². The largest absolute Gasteiger partial charge is 0.479 e. The summed E-state index contributed by atoms with van der Waals surface area (Å²) < 4.78 is 6.99. The van der Waals surface area contributed by atoms with Gasteiger partial charge in [0.1, 0.15) is 5.75 Å². The molecule has 0 saturated heterocycles. The number of aliphatic carboxylic acids is 1. The van der Waals surface area contributed by atoms with E-state index in [0.717, 1.165) is 11.1 Å². The van der Waals surface area contributed by atoms with Crippen molar-refractivity contribution in [2.75, 3.05) is 0 Å². The summed E-state index contributed by atoms with van der Waals surface area (Å²) in [5.74, 6) is -0.422. The average molecular weight is 423 g/mol. The Morgan fingerprint density at radius 3 is 2.52 bits per heavy atom. The number of benzene rings is 3. The highest BCUT2D eigenvalue weighted by Crippen LogP contribution is 2.34. The van der Waals surface area contributed by atoms with Crippen molar-refractivity contribution >= 4 is 39.0 Å². The molecule has 0 aliphatic heterocycles. The Balaban J connectivity index is 1.45. The van der Waals surface area contributed by atoms with E-state index < -0.39 is 12.1 Å². The van der Waals surface area contributed by atoms with Crippen LogP contribution in [0.5, 0.6) is 5.75 Å². The molecule has 5 heteroatoms. The van der Waals surface area contributed by atoms with Crippen molar-refractivity contribution in [2.24, 2.45) is 0 Å². The normalized spacial score (nSPS) is 12.0. The third-order valence-electron chi connectivity index (χ3n) is 4.70. The Labute approximate surface area is 178 Å². The minimum atomic E-state index is -0.972. The predicted molar refractivity (Wildman–Crippen MR) is 119 cm³/mol. The molecule has 3 aromatic carbocycles. The number of carbonyl (C=O) groups is 1. The number of carboxylic acids is 1. The second-order valence-electron chi connectivity index (χ2n) is 6.79. The number of hydrogen-bond donors (Lipinski definition) is 1. The molecular weight excluding hydrogens is 404 g/mol. The summed E-state index contributed by atoms with van der Waals surface area (Å²) in [6.07, 6.45) is 0.0367. The van der Waals surface area contributed by atoms with Gasteiger partial charge in [0.05, 0.1) is 0 Å². The fourth-order valence-corrected chi connectivity index (χ4v) is 4.49. The van der Waals surface area contributed by atoms with Gasteiger partial charge in [0.15, 0.2) is 6.10 Å². The predicted octanol–water partition coefficient (Wildman–Crippen LogP) is 6.69. The number of halogens is 1. The summed E-state index contributed by atoms with van der Waals surface area (Å²) >= 11 is 7.73. The standard InChI is InChI=1S/C24H19ClO3S/c25-19-6-3-4-16(14-19)8-13-21(24(26)27)28-20-11-9-17(10-12-20)23-15-18-5-1-2-7-22(18)29-23/h1-7,9-12,14-15,21H,8,13H2,(H,26,27). The maximum atomic E-state index is 11.6. The highest BCUT2D eigenvalue weighted by molar-refractivity contribution is 7.22. The fourth-order valence-electron chi connectivity index (χ4n) is 3.21. The van der Waals surface area contributed by atoms with Gasteiger partial charge in [-0.15, -0.1) is 11.3 Å². The van der Waals surface area contributed by atoms with Gasteiger partial charge in [-0.25, -0.2) is 4.79 Å². The van der Waals surface area contributed by atoms with Crippen LogP contribution in [0.2, 0.25) is 5.02 Å². The Hall–Kier alpha value is -2.82. The summed E-state index contributed by atoms with van der Waals surface area (Å²) in [4.78, 5) is 12.8. The first-order valence-electron chi connectivity index (χ1n) is 9.31. The van der Waals surface area contributed by atoms with Crippen molar-refractivity contribution in [1.29, 1.82) is 0 Å². The van der Waals surface area contributed by atoms with Gasteiger partial charge in [0.25, 0.3) is 0 Å². The lowest BCUT2D eigenvalue weighted by Crippen LogP contribution is -2.27. The van der Waals surface area contributed by atoms with E-state index in [2.05, 4.69) is 18.2 Å². The molecule has 1 N–H and O–H groups in total. The van der Waals surface area contributed by atoms with Gasteiger partial charge < -0.3 is 9.84 Å². The number of rotatable bonds is 7. The van der Waals surface area contributed by atoms with Crippen molar-refractivity contribution in [2.45, 2.75) is 18.9 Å². The highest BCUT2D eigenvalue weighted by atomic mass is 35.5. The van der Waals surface area contributed by atoms with Crippen molar-refractivity contribution in [3.05, 3.63) is 89.4 Å². The molecule has 0 fully saturated rings. The fraction of sp³-hybridized carbons (Fsp3) is 0.125. The van der Waals surface area contributed by atoms with E-state index in [9.17, 15) is 9.90 Å². The Morgan fingerprint density at radius 2 is 1.79 bits per heavy atom.